The molecule has 0 unspecified atom stereocenters. The van der Waals surface area contributed by atoms with Gasteiger partial charge in [0.05, 0.1) is 12.1 Å². The molecule has 0 spiro atoms. The zero-order valence-corrected chi connectivity index (χ0v) is 36.3. The Hall–Kier alpha value is -5.91. The molecule has 18 heteroatoms. The van der Waals surface area contributed by atoms with Crippen LogP contribution in [0.4, 0.5) is 15.3 Å². The number of esters is 1. The second-order valence-electron chi connectivity index (χ2n) is 17.4. The third-order valence-corrected chi connectivity index (χ3v) is 13.4. The molecule has 6 amide bonds. The van der Waals surface area contributed by atoms with Crippen LogP contribution < -0.4 is 11.1 Å². The molecule has 1 atom stereocenters. The van der Waals surface area contributed by atoms with E-state index in [2.05, 4.69) is 10.2 Å². The Morgan fingerprint density at radius 2 is 1.54 bits per heavy atom. The number of urea groups is 1. The Labute approximate surface area is 366 Å². The van der Waals surface area contributed by atoms with Crippen molar-refractivity contribution in [2.75, 3.05) is 83.9 Å². The molecule has 4 saturated heterocycles. The zero-order valence-electron chi connectivity index (χ0n) is 36.3. The van der Waals surface area contributed by atoms with Crippen LogP contribution in [-0.2, 0) is 48.5 Å². The number of piperazine rings is 1. The summed E-state index contributed by atoms with van der Waals surface area (Å²) in [6.45, 7) is 7.33. The lowest BCUT2D eigenvalue weighted by atomic mass is 9.99. The molecule has 2 aromatic carbocycles. The highest BCUT2D eigenvalue weighted by atomic mass is 16.6. The van der Waals surface area contributed by atoms with E-state index in [-0.39, 0.29) is 43.0 Å². The SMILES string of the molecule is Cc1cc(C[C@@H](OC(=O)N2CCC(N3CCc4ccccc4NC3=O)CC2)C(=O)N2CCC(N3CCN(C(=O)C(=O)OCCCN4CCCC4=O)CC3)CC2)cc2oc(=O)n(C)c12. The number of amides is 6. The summed E-state index contributed by atoms with van der Waals surface area (Å²) in [5.41, 5.74) is 4.44. The quantitative estimate of drug-likeness (QED) is 0.179. The molecule has 6 heterocycles. The number of oxazole rings is 1. The number of nitrogens with zero attached hydrogens (tertiary/aromatic N) is 7. The van der Waals surface area contributed by atoms with E-state index in [1.165, 1.54) is 9.47 Å². The molecule has 18 nitrogen and oxygen atoms in total. The standard InChI is InChI=1S/C45H58N8O10/c1-30-27-31(28-36-39(30)47(2)44(59)62-36)29-37(63-45(60)52-19-13-34(14-20-52)53-21-10-32-7-3-4-8-35(32)46-43(53)58)40(55)50-17-11-33(12-18-50)48-22-24-51(25-23-48)41(56)42(57)61-26-6-16-49-15-5-9-38(49)54/h3-4,7-8,27-28,33-34,37H,5-6,9-26,29H2,1-2H3,(H,46,58)/t37-/m1/s1. The predicted octanol–water partition coefficient (Wildman–Crippen LogP) is 2.73. The van der Waals surface area contributed by atoms with Crippen molar-refractivity contribution >= 4 is 52.6 Å². The van der Waals surface area contributed by atoms with E-state index in [9.17, 15) is 33.6 Å². The fraction of sp³-hybridized carbons (Fsp3) is 0.578. The average molecular weight is 871 g/mol. The minimum atomic E-state index is -1.13. The number of aryl methyl sites for hydroxylation is 2. The lowest BCUT2D eigenvalue weighted by molar-refractivity contribution is -0.161. The summed E-state index contributed by atoms with van der Waals surface area (Å²) in [5.74, 6) is -2.21. The van der Waals surface area contributed by atoms with Gasteiger partial charge < -0.3 is 43.7 Å². The topological polar surface area (TPSA) is 187 Å². The van der Waals surface area contributed by atoms with Crippen LogP contribution in [0.15, 0.2) is 45.6 Å². The van der Waals surface area contributed by atoms with Crippen molar-refractivity contribution in [1.82, 2.24) is 34.0 Å². The molecule has 0 bridgehead atoms. The molecule has 8 rings (SSSR count). The van der Waals surface area contributed by atoms with E-state index in [1.807, 2.05) is 42.2 Å². The van der Waals surface area contributed by atoms with Crippen molar-refractivity contribution in [2.24, 2.45) is 7.05 Å². The van der Waals surface area contributed by atoms with Gasteiger partial charge in [0.25, 0.3) is 5.91 Å². The molecule has 338 valence electrons. The fourth-order valence-electron chi connectivity index (χ4n) is 9.88. The summed E-state index contributed by atoms with van der Waals surface area (Å²) in [4.78, 5) is 102. The number of aromatic nitrogens is 1. The highest BCUT2D eigenvalue weighted by molar-refractivity contribution is 6.32. The summed E-state index contributed by atoms with van der Waals surface area (Å²) in [5, 5.41) is 3.04. The number of anilines is 1. The van der Waals surface area contributed by atoms with Crippen molar-refractivity contribution in [3.05, 3.63) is 63.6 Å². The van der Waals surface area contributed by atoms with Crippen LogP contribution in [0.5, 0.6) is 0 Å². The minimum Gasteiger partial charge on any atom is -0.458 e. The van der Waals surface area contributed by atoms with E-state index in [1.54, 1.807) is 27.8 Å². The van der Waals surface area contributed by atoms with Gasteiger partial charge in [0.1, 0.15) is 0 Å². The molecule has 0 radical (unpaired) electrons. The Morgan fingerprint density at radius 1 is 0.825 bits per heavy atom. The van der Waals surface area contributed by atoms with Gasteiger partial charge in [-0.15, -0.1) is 0 Å². The number of likely N-dealkylation sites (tertiary alicyclic amines) is 3. The molecule has 63 heavy (non-hydrogen) atoms. The van der Waals surface area contributed by atoms with Gasteiger partial charge in [0.2, 0.25) is 5.91 Å². The molecule has 4 fully saturated rings. The number of rotatable bonds is 10. The highest BCUT2D eigenvalue weighted by Gasteiger charge is 2.37. The molecule has 0 saturated carbocycles. The molecular formula is C45H58N8O10. The van der Waals surface area contributed by atoms with Crippen molar-refractivity contribution in [2.45, 2.75) is 82.9 Å². The molecule has 1 aromatic heterocycles. The second-order valence-corrected chi connectivity index (χ2v) is 17.4. The number of para-hydroxylation sites is 1. The van der Waals surface area contributed by atoms with E-state index in [0.29, 0.717) is 121 Å². The second kappa shape index (κ2) is 19.2. The average Bonchev–Trinajstić information content (AvgIpc) is 3.78. The van der Waals surface area contributed by atoms with Crippen LogP contribution in [0, 0.1) is 6.92 Å². The summed E-state index contributed by atoms with van der Waals surface area (Å²) in [6.07, 6.45) is 3.50. The predicted molar refractivity (Wildman–Crippen MR) is 230 cm³/mol. The number of piperidine rings is 2. The van der Waals surface area contributed by atoms with Crippen LogP contribution in [0.1, 0.15) is 61.6 Å². The van der Waals surface area contributed by atoms with Gasteiger partial charge in [-0.25, -0.2) is 19.2 Å². The molecule has 0 aliphatic carbocycles. The minimum absolute atomic E-state index is 0.0495. The summed E-state index contributed by atoms with van der Waals surface area (Å²) in [7, 11) is 1.64. The highest BCUT2D eigenvalue weighted by Crippen LogP contribution is 2.27. The first-order valence-corrected chi connectivity index (χ1v) is 22.4. The van der Waals surface area contributed by atoms with Gasteiger partial charge >= 0.3 is 29.8 Å². The maximum Gasteiger partial charge on any atom is 0.419 e. The number of hydrogen-bond acceptors (Lipinski definition) is 11. The van der Waals surface area contributed by atoms with Crippen molar-refractivity contribution < 1.29 is 42.7 Å². The monoisotopic (exact) mass is 870 g/mol. The lowest BCUT2D eigenvalue weighted by Gasteiger charge is -2.43. The van der Waals surface area contributed by atoms with Crippen LogP contribution in [0.25, 0.3) is 11.1 Å². The number of fused-ring (bicyclic) bond motifs is 2. The van der Waals surface area contributed by atoms with Crippen molar-refractivity contribution in [1.29, 1.82) is 0 Å². The van der Waals surface area contributed by atoms with E-state index < -0.39 is 29.8 Å². The lowest BCUT2D eigenvalue weighted by Crippen LogP contribution is -2.56. The van der Waals surface area contributed by atoms with Gasteiger partial charge in [0.15, 0.2) is 11.7 Å². The smallest absolute Gasteiger partial charge is 0.419 e. The number of carbonyl (C=O) groups is 6. The van der Waals surface area contributed by atoms with Gasteiger partial charge in [0, 0.05) is 110 Å². The van der Waals surface area contributed by atoms with Crippen molar-refractivity contribution in [3.8, 4) is 0 Å². The molecule has 3 aromatic rings. The number of benzene rings is 2. The van der Waals surface area contributed by atoms with E-state index in [0.717, 1.165) is 36.2 Å². The number of nitrogens with one attached hydrogen (secondary N) is 1. The largest absolute Gasteiger partial charge is 0.458 e. The first kappa shape index (κ1) is 43.7. The number of ether oxygens (including phenoxy) is 2. The Morgan fingerprint density at radius 3 is 2.27 bits per heavy atom. The maximum atomic E-state index is 14.4. The van der Waals surface area contributed by atoms with Gasteiger partial charge in [-0.2, -0.15) is 0 Å². The Bertz CT molecular complexity index is 2270. The first-order valence-electron chi connectivity index (χ1n) is 22.4. The zero-order chi connectivity index (χ0) is 44.2. The van der Waals surface area contributed by atoms with Crippen LogP contribution in [0.2, 0.25) is 0 Å². The third kappa shape index (κ3) is 9.85. The molecule has 1 N–H and O–H groups in total. The maximum absolute atomic E-state index is 14.4. The summed E-state index contributed by atoms with van der Waals surface area (Å²) < 4.78 is 18.3. The van der Waals surface area contributed by atoms with Gasteiger partial charge in [-0.1, -0.05) is 24.3 Å². The first-order chi connectivity index (χ1) is 30.4. The van der Waals surface area contributed by atoms with Crippen molar-refractivity contribution in [3.63, 3.8) is 0 Å². The summed E-state index contributed by atoms with van der Waals surface area (Å²) in [6, 6.07) is 11.4. The Balaban J connectivity index is 0.848. The molecule has 5 aliphatic heterocycles. The fourth-order valence-corrected chi connectivity index (χ4v) is 9.88. The number of carbonyl (C=O) groups excluding carboxylic acids is 6. The van der Waals surface area contributed by atoms with Gasteiger partial charge in [-0.05, 0) is 80.7 Å². The van der Waals surface area contributed by atoms with Crippen LogP contribution >= 0.6 is 0 Å². The van der Waals surface area contributed by atoms with Gasteiger partial charge in [-0.3, -0.25) is 23.9 Å². The normalized spacial score (nSPS) is 19.8. The molecular weight excluding hydrogens is 813 g/mol. The van der Waals surface area contributed by atoms with E-state index >= 15 is 0 Å². The molecule has 5 aliphatic rings. The van der Waals surface area contributed by atoms with Crippen LogP contribution in [-0.4, -0.2) is 167 Å². The van der Waals surface area contributed by atoms with E-state index in [4.69, 9.17) is 13.9 Å². The number of hydrogen-bond donors (Lipinski definition) is 1. The summed E-state index contributed by atoms with van der Waals surface area (Å²) >= 11 is 0. The van der Waals surface area contributed by atoms with Crippen LogP contribution in [0.3, 0.4) is 0 Å². The third-order valence-electron chi connectivity index (χ3n) is 13.4. The Kier molecular flexibility index (Phi) is 13.3.